The fourth-order valence-corrected chi connectivity index (χ4v) is 18.6. The average molecular weight is 1470 g/mol. The third-order valence-corrected chi connectivity index (χ3v) is 23.9. The van der Waals surface area contributed by atoms with Crippen molar-refractivity contribution >= 4 is 17.1 Å². The van der Waals surface area contributed by atoms with Gasteiger partial charge in [0.2, 0.25) is 0 Å². The minimum atomic E-state index is -0.830. The second kappa shape index (κ2) is 26.7. The van der Waals surface area contributed by atoms with E-state index in [0.717, 1.165) is 174 Å². The predicted molar refractivity (Wildman–Crippen MR) is 463 cm³/mol. The van der Waals surface area contributed by atoms with E-state index in [1.54, 1.807) is 0 Å². The van der Waals surface area contributed by atoms with E-state index >= 15 is 0 Å². The van der Waals surface area contributed by atoms with Crippen molar-refractivity contribution in [3.8, 4) is 141 Å². The highest BCUT2D eigenvalue weighted by Gasteiger charge is 2.54. The summed E-state index contributed by atoms with van der Waals surface area (Å²) in [6.07, 6.45) is 1.82. The summed E-state index contributed by atoms with van der Waals surface area (Å²) in [4.78, 5) is 16.5. The topological polar surface area (TPSA) is 118 Å². The lowest BCUT2D eigenvalue weighted by molar-refractivity contribution is 0.437. The summed E-state index contributed by atoms with van der Waals surface area (Å²) in [5, 5.41) is 13.7. The lowest BCUT2D eigenvalue weighted by Gasteiger charge is -2.41. The molecule has 2 spiro atoms. The highest BCUT2D eigenvalue weighted by atomic mass is 16.5. The average Bonchev–Trinajstić information content (AvgIpc) is 1.55. The second-order valence-electron chi connectivity index (χ2n) is 30.1. The van der Waals surface area contributed by atoms with Crippen LogP contribution in [-0.2, 0) is 10.8 Å². The molecule has 0 bridgehead atoms. The fourth-order valence-electron chi connectivity index (χ4n) is 18.6. The summed E-state index contributed by atoms with van der Waals surface area (Å²) in [6, 6.07) is 138. The van der Waals surface area contributed by atoms with Crippen LogP contribution in [0, 0.1) is 11.3 Å². The predicted octanol–water partition coefficient (Wildman–Crippen LogP) is 25.3. The standard InChI is InChI=1S/C107H68N6O2/c108-65-66-43-45-70(46-44-66)80-32-17-39-92-100(80)114-102-82(34-19-41-94(102)106(92)88-36-13-10-29-83(88)84-30-11-14-37-89(84)106)77-27-16-28-78(61-77)105-111-96(72-21-4-1-5-22-72)63-97(112-105)74-53-49-69(50-54-74)76-57-60-91-87(62-76)85-31-12-15-38-90(85)107(91)93-40-18-33-81(71-51-47-67(48-52-71)68-55-58-79(109)59-56-68)101(93)115-103-86(35-20-42-95(103)107)99-64-98(73-23-6-2-7-24-73)110-104(113-99)75-25-8-3-9-26-75/h1-64,104,110H,109H2. The zero-order valence-electron chi connectivity index (χ0n) is 62.2. The highest BCUT2D eigenvalue weighted by molar-refractivity contribution is 6.15. The number of para-hydroxylation sites is 4. The van der Waals surface area contributed by atoms with E-state index in [9.17, 15) is 5.26 Å². The lowest BCUT2D eigenvalue weighted by Crippen LogP contribution is -2.33. The van der Waals surface area contributed by atoms with Crippen molar-refractivity contribution in [3.63, 3.8) is 0 Å². The third kappa shape index (κ3) is 10.6. The molecule has 4 heterocycles. The summed E-state index contributed by atoms with van der Waals surface area (Å²) in [5.41, 5.74) is 39.0. The van der Waals surface area contributed by atoms with Crippen LogP contribution < -0.4 is 20.5 Å². The Morgan fingerprint density at radius 2 is 0.670 bits per heavy atom. The number of aromatic nitrogens is 2. The van der Waals surface area contributed by atoms with Crippen molar-refractivity contribution in [2.24, 2.45) is 4.99 Å². The summed E-state index contributed by atoms with van der Waals surface area (Å²) < 4.78 is 15.2. The van der Waals surface area contributed by atoms with Crippen LogP contribution in [0.4, 0.5) is 5.69 Å². The molecule has 22 rings (SSSR count). The number of hydrogen-bond acceptors (Lipinski definition) is 8. The van der Waals surface area contributed by atoms with Crippen LogP contribution >= 0.6 is 0 Å². The maximum Gasteiger partial charge on any atom is 0.160 e. The molecule has 2 atom stereocenters. The Balaban J connectivity index is 0.658. The van der Waals surface area contributed by atoms with Gasteiger partial charge in [0.15, 0.2) is 5.82 Å². The van der Waals surface area contributed by atoms with E-state index in [0.29, 0.717) is 11.4 Å². The Hall–Kier alpha value is -15.3. The lowest BCUT2D eigenvalue weighted by atomic mass is 9.65. The third-order valence-electron chi connectivity index (χ3n) is 23.9. The number of nitrogens with zero attached hydrogens (tertiary/aromatic N) is 4. The molecule has 8 nitrogen and oxygen atoms in total. The van der Waals surface area contributed by atoms with Gasteiger partial charge in [0.05, 0.1) is 39.6 Å². The van der Waals surface area contributed by atoms with E-state index in [-0.39, 0.29) is 6.17 Å². The van der Waals surface area contributed by atoms with Crippen LogP contribution in [0.1, 0.15) is 72.9 Å². The van der Waals surface area contributed by atoms with Crippen molar-refractivity contribution in [1.82, 2.24) is 15.3 Å². The molecular weight excluding hydrogens is 1400 g/mol. The Morgan fingerprint density at radius 1 is 0.296 bits per heavy atom. The summed E-state index contributed by atoms with van der Waals surface area (Å²) in [5.74, 6) is 3.71. The highest BCUT2D eigenvalue weighted by Crippen LogP contribution is 2.67. The van der Waals surface area contributed by atoms with E-state index in [4.69, 9.17) is 30.2 Å². The monoisotopic (exact) mass is 1470 g/mol. The van der Waals surface area contributed by atoms with Gasteiger partial charge < -0.3 is 20.5 Å². The molecule has 115 heavy (non-hydrogen) atoms. The molecule has 16 aromatic carbocycles. The molecule has 17 aromatic rings. The molecule has 0 amide bonds. The number of hydrogen-bond donors (Lipinski definition) is 2. The quantitative estimate of drug-likeness (QED) is 0.124. The zero-order chi connectivity index (χ0) is 76.3. The van der Waals surface area contributed by atoms with Gasteiger partial charge in [-0.2, -0.15) is 5.26 Å². The number of nitrogens with one attached hydrogen (secondary N) is 1. The van der Waals surface area contributed by atoms with Crippen molar-refractivity contribution in [2.75, 3.05) is 5.73 Å². The van der Waals surface area contributed by atoms with Gasteiger partial charge in [0, 0.05) is 72.6 Å². The number of ether oxygens (including phenoxy) is 2. The largest absolute Gasteiger partial charge is 0.455 e. The molecule has 1 aromatic heterocycles. The van der Waals surface area contributed by atoms with Crippen molar-refractivity contribution in [2.45, 2.75) is 17.0 Å². The van der Waals surface area contributed by atoms with E-state index < -0.39 is 10.8 Å². The molecule has 5 aliphatic rings. The van der Waals surface area contributed by atoms with Gasteiger partial charge in [-0.05, 0) is 149 Å². The second-order valence-corrected chi connectivity index (χ2v) is 30.1. The van der Waals surface area contributed by atoms with E-state index in [1.165, 1.54) is 33.4 Å². The minimum absolute atomic E-state index is 0.367. The van der Waals surface area contributed by atoms with Crippen molar-refractivity contribution in [3.05, 3.63) is 455 Å². The van der Waals surface area contributed by atoms with Gasteiger partial charge in [-0.1, -0.05) is 334 Å². The summed E-state index contributed by atoms with van der Waals surface area (Å²) in [7, 11) is 0. The number of benzene rings is 16. The molecule has 0 radical (unpaired) electrons. The van der Waals surface area contributed by atoms with Crippen LogP contribution in [0.25, 0.3) is 117 Å². The van der Waals surface area contributed by atoms with E-state index in [1.807, 2.05) is 48.5 Å². The molecule has 0 saturated carbocycles. The first kappa shape index (κ1) is 66.7. The van der Waals surface area contributed by atoms with Crippen LogP contribution in [-0.4, -0.2) is 15.7 Å². The Kier molecular flexibility index (Phi) is 15.5. The molecule has 8 heteroatoms. The first-order valence-electron chi connectivity index (χ1n) is 39.0. The summed E-state index contributed by atoms with van der Waals surface area (Å²) >= 11 is 0. The molecule has 2 aliphatic carbocycles. The molecular formula is C107H68N6O2. The summed E-state index contributed by atoms with van der Waals surface area (Å²) in [6.45, 7) is 0. The van der Waals surface area contributed by atoms with Gasteiger partial charge in [-0.25, -0.2) is 9.97 Å². The number of fused-ring (bicyclic) bond motifs is 18. The molecule has 3 aliphatic heterocycles. The number of nitriles is 1. The van der Waals surface area contributed by atoms with Gasteiger partial charge >= 0.3 is 0 Å². The Morgan fingerprint density at radius 3 is 1.22 bits per heavy atom. The number of nitrogen functional groups attached to an aromatic ring is 1. The van der Waals surface area contributed by atoms with E-state index in [2.05, 4.69) is 351 Å². The first-order chi connectivity index (χ1) is 56.8. The maximum atomic E-state index is 9.87. The van der Waals surface area contributed by atoms with Crippen LogP contribution in [0.5, 0.6) is 23.0 Å². The SMILES string of the molecule is N#Cc1ccc(-c2cccc3c2Oc2c(-c4cccc(-c5nc(-c6ccccc6)cc(-c6ccc(-c7ccc8c(c7)-c7ccccc7C87c8cccc(C9=NC(c%10ccccc%10)NC(c%10ccccc%10)=C9)c8Oc8c(-c9ccc(-c%10ccc(N)cc%10)cc9)cccc87)cc6)n5)c4)cccc2C32c3ccccc3-c3ccccc32)cc1. The molecule has 2 unspecified atom stereocenters. The molecule has 0 fully saturated rings. The van der Waals surface area contributed by atoms with Gasteiger partial charge in [0.25, 0.3) is 0 Å². The van der Waals surface area contributed by atoms with Gasteiger partial charge in [-0.15, -0.1) is 0 Å². The number of rotatable bonds is 11. The first-order valence-corrected chi connectivity index (χ1v) is 39.0. The number of allylic oxidation sites excluding steroid dienone is 1. The fraction of sp³-hybridized carbons (Fsp3) is 0.0280. The minimum Gasteiger partial charge on any atom is -0.455 e. The normalized spacial score (nSPS) is 15.1. The zero-order valence-corrected chi connectivity index (χ0v) is 62.2. The van der Waals surface area contributed by atoms with Crippen molar-refractivity contribution < 1.29 is 9.47 Å². The Bertz CT molecular complexity index is 6880. The number of aliphatic imine (C=N–C) groups is 1. The van der Waals surface area contributed by atoms with Crippen LogP contribution in [0.15, 0.2) is 393 Å². The van der Waals surface area contributed by atoms with Gasteiger partial charge in [0.1, 0.15) is 29.2 Å². The van der Waals surface area contributed by atoms with Crippen molar-refractivity contribution in [1.29, 1.82) is 5.26 Å². The van der Waals surface area contributed by atoms with Crippen LogP contribution in [0.2, 0.25) is 0 Å². The maximum absolute atomic E-state index is 9.87. The molecule has 538 valence electrons. The Labute approximate surface area is 666 Å². The molecule has 3 N–H and O–H groups in total. The number of nitrogens with two attached hydrogens (primary N) is 1. The smallest absolute Gasteiger partial charge is 0.160 e. The number of anilines is 1. The van der Waals surface area contributed by atoms with Crippen LogP contribution in [0.3, 0.4) is 0 Å². The van der Waals surface area contributed by atoms with Gasteiger partial charge in [-0.3, -0.25) is 4.99 Å². The molecule has 0 saturated heterocycles.